The Labute approximate surface area is 127 Å². The molecule has 2 rings (SSSR count). The molecule has 0 aliphatic heterocycles. The van der Waals surface area contributed by atoms with Gasteiger partial charge in [0.25, 0.3) is 0 Å². The molecule has 5 heteroatoms. The van der Waals surface area contributed by atoms with E-state index in [-0.39, 0.29) is 12.4 Å². The minimum atomic E-state index is -3.25. The molecule has 0 spiro atoms. The van der Waals surface area contributed by atoms with Crippen molar-refractivity contribution in [3.05, 3.63) is 29.8 Å². The van der Waals surface area contributed by atoms with E-state index in [1.54, 1.807) is 24.3 Å². The van der Waals surface area contributed by atoms with Crippen LogP contribution in [-0.2, 0) is 21.1 Å². The zero-order valence-electron chi connectivity index (χ0n) is 12.5. The van der Waals surface area contributed by atoms with E-state index in [0.717, 1.165) is 5.56 Å². The predicted octanol–water partition coefficient (Wildman–Crippen LogP) is 2.52. The third-order valence-corrected chi connectivity index (χ3v) is 5.79. The highest BCUT2D eigenvalue weighted by Crippen LogP contribution is 2.23. The van der Waals surface area contributed by atoms with E-state index in [2.05, 4.69) is 0 Å². The van der Waals surface area contributed by atoms with Crippen LogP contribution in [-0.4, -0.2) is 27.4 Å². The molecule has 1 aromatic carbocycles. The smallest absolute Gasteiger partial charge is 0.180 e. The van der Waals surface area contributed by atoms with Crippen LogP contribution in [0.4, 0.5) is 0 Å². The van der Waals surface area contributed by atoms with Gasteiger partial charge in [-0.2, -0.15) is 0 Å². The first-order valence-corrected chi connectivity index (χ1v) is 9.36. The maximum Gasteiger partial charge on any atom is 0.180 e. The van der Waals surface area contributed by atoms with Gasteiger partial charge in [0, 0.05) is 13.2 Å². The molecular weight excluding hydrogens is 286 g/mol. The van der Waals surface area contributed by atoms with E-state index in [1.807, 2.05) is 0 Å². The van der Waals surface area contributed by atoms with Crippen molar-refractivity contribution in [2.45, 2.75) is 43.5 Å². The fraction of sp³-hybridized carbons (Fsp3) is 0.625. The highest BCUT2D eigenvalue weighted by molar-refractivity contribution is 7.91. The van der Waals surface area contributed by atoms with Gasteiger partial charge in [0.2, 0.25) is 0 Å². The molecule has 118 valence electrons. The lowest BCUT2D eigenvalue weighted by Crippen LogP contribution is -2.18. The van der Waals surface area contributed by atoms with Gasteiger partial charge < -0.3 is 10.5 Å². The van der Waals surface area contributed by atoms with Gasteiger partial charge in [0.1, 0.15) is 0 Å². The molecule has 0 aromatic heterocycles. The van der Waals surface area contributed by atoms with Gasteiger partial charge in [-0.3, -0.25) is 0 Å². The van der Waals surface area contributed by atoms with Gasteiger partial charge in [-0.15, -0.1) is 0 Å². The Hall–Kier alpha value is -0.910. The summed E-state index contributed by atoms with van der Waals surface area (Å²) >= 11 is 0. The van der Waals surface area contributed by atoms with E-state index in [1.165, 1.54) is 32.1 Å². The number of nitrogens with two attached hydrogens (primary N) is 1. The Balaban J connectivity index is 1.77. The van der Waals surface area contributed by atoms with Gasteiger partial charge in [-0.1, -0.05) is 31.4 Å². The number of hydrogen-bond donors (Lipinski definition) is 1. The molecule has 0 radical (unpaired) electrons. The van der Waals surface area contributed by atoms with Gasteiger partial charge in [0.05, 0.1) is 17.3 Å². The Morgan fingerprint density at radius 1 is 1.10 bits per heavy atom. The van der Waals surface area contributed by atoms with Crippen LogP contribution < -0.4 is 5.73 Å². The Morgan fingerprint density at radius 3 is 2.38 bits per heavy atom. The summed E-state index contributed by atoms with van der Waals surface area (Å²) in [6.45, 7) is 1.39. The molecule has 4 nitrogen and oxygen atoms in total. The number of ether oxygens (including phenoxy) is 1. The van der Waals surface area contributed by atoms with E-state index in [0.29, 0.717) is 24.0 Å². The summed E-state index contributed by atoms with van der Waals surface area (Å²) < 4.78 is 29.9. The van der Waals surface area contributed by atoms with Crippen molar-refractivity contribution < 1.29 is 13.2 Å². The lowest BCUT2D eigenvalue weighted by atomic mass is 9.90. The fourth-order valence-corrected chi connectivity index (χ4v) is 3.85. The highest BCUT2D eigenvalue weighted by Gasteiger charge is 2.16. The van der Waals surface area contributed by atoms with E-state index >= 15 is 0 Å². The van der Waals surface area contributed by atoms with E-state index in [4.69, 9.17) is 10.5 Å². The van der Waals surface area contributed by atoms with Crippen molar-refractivity contribution in [1.29, 1.82) is 0 Å². The van der Waals surface area contributed by atoms with Crippen molar-refractivity contribution in [3.8, 4) is 0 Å². The molecular formula is C16H25NO3S. The number of rotatable bonds is 7. The van der Waals surface area contributed by atoms with Crippen molar-refractivity contribution in [3.63, 3.8) is 0 Å². The molecule has 1 aromatic rings. The summed E-state index contributed by atoms with van der Waals surface area (Å²) in [7, 11) is -3.25. The average molecular weight is 311 g/mol. The van der Waals surface area contributed by atoms with Crippen molar-refractivity contribution >= 4 is 9.84 Å². The van der Waals surface area contributed by atoms with Crippen LogP contribution in [0.1, 0.15) is 37.7 Å². The van der Waals surface area contributed by atoms with Crippen molar-refractivity contribution in [1.82, 2.24) is 0 Å². The number of hydrogen-bond acceptors (Lipinski definition) is 4. The summed E-state index contributed by atoms with van der Waals surface area (Å²) in [4.78, 5) is 0.348. The first-order valence-electron chi connectivity index (χ1n) is 7.71. The summed E-state index contributed by atoms with van der Waals surface area (Å²) in [6.07, 6.45) is 6.31. The monoisotopic (exact) mass is 311 g/mol. The third kappa shape index (κ3) is 5.09. The van der Waals surface area contributed by atoms with Crippen LogP contribution >= 0.6 is 0 Å². The molecule has 0 atom stereocenters. The van der Waals surface area contributed by atoms with Crippen LogP contribution in [0.3, 0.4) is 0 Å². The van der Waals surface area contributed by atoms with Crippen LogP contribution in [0, 0.1) is 5.92 Å². The zero-order chi connectivity index (χ0) is 15.1. The summed E-state index contributed by atoms with van der Waals surface area (Å²) in [5.41, 5.74) is 6.44. The van der Waals surface area contributed by atoms with Crippen LogP contribution in [0.5, 0.6) is 0 Å². The minimum absolute atomic E-state index is 0.0433. The minimum Gasteiger partial charge on any atom is -0.380 e. The zero-order valence-corrected chi connectivity index (χ0v) is 13.3. The lowest BCUT2D eigenvalue weighted by Gasteiger charge is -2.21. The van der Waals surface area contributed by atoms with Crippen molar-refractivity contribution in [2.75, 3.05) is 19.0 Å². The van der Waals surface area contributed by atoms with Crippen LogP contribution in [0.15, 0.2) is 29.2 Å². The summed E-state index contributed by atoms with van der Waals surface area (Å²) in [5.74, 6) is 0.659. The van der Waals surface area contributed by atoms with E-state index in [9.17, 15) is 8.42 Å². The summed E-state index contributed by atoms with van der Waals surface area (Å²) in [5, 5.41) is 0. The Kier molecular flexibility index (Phi) is 6.21. The Morgan fingerprint density at radius 2 is 1.76 bits per heavy atom. The molecule has 1 fully saturated rings. The van der Waals surface area contributed by atoms with E-state index < -0.39 is 9.84 Å². The molecule has 1 aliphatic rings. The fourth-order valence-electron chi connectivity index (χ4n) is 2.72. The first-order chi connectivity index (χ1) is 10.1. The largest absolute Gasteiger partial charge is 0.380 e. The SMILES string of the molecule is NCc1ccc(S(=O)(=O)CCOCC2CCCCC2)cc1. The standard InChI is InChI=1S/C16H25NO3S/c17-12-14-6-8-16(9-7-14)21(18,19)11-10-20-13-15-4-2-1-3-5-15/h6-9,15H,1-5,10-13,17H2. The predicted molar refractivity (Wildman–Crippen MR) is 83.8 cm³/mol. The van der Waals surface area contributed by atoms with Gasteiger partial charge >= 0.3 is 0 Å². The molecule has 0 heterocycles. The molecule has 0 unspecified atom stereocenters. The second-order valence-electron chi connectivity index (χ2n) is 5.75. The molecule has 0 amide bonds. The number of sulfone groups is 1. The quantitative estimate of drug-likeness (QED) is 0.786. The molecule has 2 N–H and O–H groups in total. The second-order valence-corrected chi connectivity index (χ2v) is 7.86. The third-order valence-electron chi connectivity index (χ3n) is 4.09. The maximum absolute atomic E-state index is 12.2. The molecule has 0 bridgehead atoms. The molecule has 0 saturated heterocycles. The first kappa shape index (κ1) is 16.5. The average Bonchev–Trinajstić information content (AvgIpc) is 2.53. The normalized spacial score (nSPS) is 17.0. The number of benzene rings is 1. The summed E-state index contributed by atoms with van der Waals surface area (Å²) in [6, 6.07) is 6.77. The Bertz CT molecular complexity index is 519. The van der Waals surface area contributed by atoms with Crippen molar-refractivity contribution in [2.24, 2.45) is 11.7 Å². The van der Waals surface area contributed by atoms with Gasteiger partial charge in [-0.05, 0) is 36.5 Å². The highest BCUT2D eigenvalue weighted by atomic mass is 32.2. The van der Waals surface area contributed by atoms with Gasteiger partial charge in [0.15, 0.2) is 9.84 Å². The van der Waals surface area contributed by atoms with Crippen LogP contribution in [0.25, 0.3) is 0 Å². The molecule has 21 heavy (non-hydrogen) atoms. The molecule has 1 saturated carbocycles. The maximum atomic E-state index is 12.2. The van der Waals surface area contributed by atoms with Gasteiger partial charge in [-0.25, -0.2) is 8.42 Å². The lowest BCUT2D eigenvalue weighted by molar-refractivity contribution is 0.0960. The van der Waals surface area contributed by atoms with Crippen LogP contribution in [0.2, 0.25) is 0 Å². The second kappa shape index (κ2) is 7.92. The topological polar surface area (TPSA) is 69.4 Å². The molecule has 1 aliphatic carbocycles.